The first-order chi connectivity index (χ1) is 13.0. The number of nitrogens with zero attached hydrogens (tertiary/aromatic N) is 3. The highest BCUT2D eigenvalue weighted by molar-refractivity contribution is 7.99. The zero-order chi connectivity index (χ0) is 19.2. The number of thioether (sulfide) groups is 1. The summed E-state index contributed by atoms with van der Waals surface area (Å²) in [4.78, 5) is 12.2. The van der Waals surface area contributed by atoms with Crippen LogP contribution < -0.4 is 10.1 Å². The van der Waals surface area contributed by atoms with Gasteiger partial charge in [-0.2, -0.15) is 0 Å². The van der Waals surface area contributed by atoms with Crippen LogP contribution in [0.25, 0.3) is 0 Å². The van der Waals surface area contributed by atoms with Gasteiger partial charge in [-0.15, -0.1) is 10.2 Å². The minimum absolute atomic E-state index is 0.0740. The van der Waals surface area contributed by atoms with E-state index in [4.69, 9.17) is 4.74 Å². The third-order valence-corrected chi connectivity index (χ3v) is 4.89. The zero-order valence-corrected chi connectivity index (χ0v) is 16.4. The van der Waals surface area contributed by atoms with Crippen molar-refractivity contribution < 1.29 is 9.53 Å². The number of aryl methyl sites for hydroxylation is 2. The Kier molecular flexibility index (Phi) is 6.13. The molecule has 0 radical (unpaired) electrons. The van der Waals surface area contributed by atoms with Crippen molar-refractivity contribution in [1.82, 2.24) is 14.8 Å². The van der Waals surface area contributed by atoms with Crippen LogP contribution in [0.5, 0.6) is 5.75 Å². The largest absolute Gasteiger partial charge is 0.486 e. The van der Waals surface area contributed by atoms with E-state index in [0.717, 1.165) is 22.6 Å². The molecule has 2 aromatic carbocycles. The Labute approximate surface area is 163 Å². The summed E-state index contributed by atoms with van der Waals surface area (Å²) in [7, 11) is 1.87. The number of ether oxygens (including phenoxy) is 1. The Hall–Kier alpha value is -2.80. The Bertz CT molecular complexity index is 905. The fourth-order valence-corrected chi connectivity index (χ4v) is 3.37. The molecule has 3 rings (SSSR count). The van der Waals surface area contributed by atoms with E-state index in [-0.39, 0.29) is 11.7 Å². The molecule has 1 N–H and O–H groups in total. The van der Waals surface area contributed by atoms with Gasteiger partial charge in [-0.1, -0.05) is 36.0 Å². The lowest BCUT2D eigenvalue weighted by Crippen LogP contribution is -2.14. The fourth-order valence-electron chi connectivity index (χ4n) is 2.64. The van der Waals surface area contributed by atoms with Gasteiger partial charge < -0.3 is 14.6 Å². The van der Waals surface area contributed by atoms with E-state index in [1.54, 1.807) is 0 Å². The van der Waals surface area contributed by atoms with Gasteiger partial charge in [0.05, 0.1) is 5.75 Å². The molecule has 0 aliphatic heterocycles. The summed E-state index contributed by atoms with van der Waals surface area (Å²) >= 11 is 1.35. The fraction of sp³-hybridized carbons (Fsp3) is 0.250. The smallest absolute Gasteiger partial charge is 0.234 e. The maximum Gasteiger partial charge on any atom is 0.234 e. The maximum absolute atomic E-state index is 12.2. The van der Waals surface area contributed by atoms with Gasteiger partial charge in [-0.05, 0) is 49.2 Å². The standard InChI is InChI=1S/C20H22N4O2S/c1-14-9-15(2)11-16(10-14)21-19(25)13-27-20-23-22-18(24(20)3)12-26-17-7-5-4-6-8-17/h4-11H,12-13H2,1-3H3,(H,21,25). The lowest BCUT2D eigenvalue weighted by Gasteiger charge is -2.08. The van der Waals surface area contributed by atoms with Gasteiger partial charge >= 0.3 is 0 Å². The number of anilines is 1. The molecule has 0 saturated carbocycles. The van der Waals surface area contributed by atoms with Crippen LogP contribution in [0.4, 0.5) is 5.69 Å². The summed E-state index contributed by atoms with van der Waals surface area (Å²) in [6.45, 7) is 4.34. The van der Waals surface area contributed by atoms with Crippen LogP contribution in [0, 0.1) is 13.8 Å². The number of amides is 1. The molecule has 140 valence electrons. The molecule has 0 aliphatic rings. The van der Waals surface area contributed by atoms with Gasteiger partial charge in [0.15, 0.2) is 11.0 Å². The van der Waals surface area contributed by atoms with Gasteiger partial charge in [0.1, 0.15) is 12.4 Å². The number of benzene rings is 2. The first-order valence-electron chi connectivity index (χ1n) is 8.58. The van der Waals surface area contributed by atoms with Gasteiger partial charge in [0.25, 0.3) is 0 Å². The van der Waals surface area contributed by atoms with Crippen molar-refractivity contribution in [2.75, 3.05) is 11.1 Å². The summed E-state index contributed by atoms with van der Waals surface area (Å²) in [6, 6.07) is 15.5. The number of carbonyl (C=O) groups excluding carboxylic acids is 1. The van der Waals surface area contributed by atoms with E-state index in [1.165, 1.54) is 11.8 Å². The number of para-hydroxylation sites is 1. The number of nitrogens with one attached hydrogen (secondary N) is 1. The Morgan fingerprint density at radius 3 is 2.52 bits per heavy atom. The summed E-state index contributed by atoms with van der Waals surface area (Å²) in [5, 5.41) is 11.9. The quantitative estimate of drug-likeness (QED) is 0.631. The van der Waals surface area contributed by atoms with Gasteiger partial charge in [0, 0.05) is 12.7 Å². The van der Waals surface area contributed by atoms with E-state index in [2.05, 4.69) is 21.6 Å². The summed E-state index contributed by atoms with van der Waals surface area (Å²) in [6.07, 6.45) is 0. The molecule has 0 saturated heterocycles. The summed E-state index contributed by atoms with van der Waals surface area (Å²) in [5.41, 5.74) is 3.05. The molecule has 0 spiro atoms. The second kappa shape index (κ2) is 8.73. The number of hydrogen-bond acceptors (Lipinski definition) is 5. The monoisotopic (exact) mass is 382 g/mol. The minimum atomic E-state index is -0.0740. The van der Waals surface area contributed by atoms with E-state index in [9.17, 15) is 4.79 Å². The molecule has 0 atom stereocenters. The van der Waals surface area contributed by atoms with E-state index in [1.807, 2.05) is 67.9 Å². The van der Waals surface area contributed by atoms with E-state index >= 15 is 0 Å². The van der Waals surface area contributed by atoms with Crippen molar-refractivity contribution >= 4 is 23.4 Å². The molecule has 0 unspecified atom stereocenters. The van der Waals surface area contributed by atoms with Crippen molar-refractivity contribution in [3.8, 4) is 5.75 Å². The minimum Gasteiger partial charge on any atom is -0.486 e. The Morgan fingerprint density at radius 2 is 1.81 bits per heavy atom. The van der Waals surface area contributed by atoms with E-state index < -0.39 is 0 Å². The van der Waals surface area contributed by atoms with Crippen LogP contribution in [0.3, 0.4) is 0 Å². The predicted octanol–water partition coefficient (Wildman–Crippen LogP) is 3.74. The van der Waals surface area contributed by atoms with Crippen LogP contribution in [0.2, 0.25) is 0 Å². The first-order valence-corrected chi connectivity index (χ1v) is 9.57. The molecular weight excluding hydrogens is 360 g/mol. The van der Waals surface area contributed by atoms with Crippen LogP contribution in [-0.4, -0.2) is 26.4 Å². The number of carbonyl (C=O) groups is 1. The average Bonchev–Trinajstić information content (AvgIpc) is 2.98. The van der Waals surface area contributed by atoms with Crippen LogP contribution in [0.15, 0.2) is 53.7 Å². The highest BCUT2D eigenvalue weighted by Crippen LogP contribution is 2.19. The Balaban J connectivity index is 1.53. The third kappa shape index (κ3) is 5.34. The molecule has 0 aliphatic carbocycles. The summed E-state index contributed by atoms with van der Waals surface area (Å²) in [5.74, 6) is 1.67. The second-order valence-corrected chi connectivity index (χ2v) is 7.22. The SMILES string of the molecule is Cc1cc(C)cc(NC(=O)CSc2nnc(COc3ccccc3)n2C)c1. The van der Waals surface area contributed by atoms with Crippen LogP contribution in [0.1, 0.15) is 17.0 Å². The van der Waals surface area contributed by atoms with Crippen molar-refractivity contribution in [2.45, 2.75) is 25.6 Å². The maximum atomic E-state index is 12.2. The molecule has 6 nitrogen and oxygen atoms in total. The molecule has 0 bridgehead atoms. The molecule has 3 aromatic rings. The van der Waals surface area contributed by atoms with Crippen LogP contribution >= 0.6 is 11.8 Å². The number of rotatable bonds is 7. The third-order valence-electron chi connectivity index (χ3n) is 3.87. The molecule has 1 aromatic heterocycles. The molecule has 27 heavy (non-hydrogen) atoms. The van der Waals surface area contributed by atoms with E-state index in [0.29, 0.717) is 17.6 Å². The van der Waals surface area contributed by atoms with Crippen molar-refractivity contribution in [2.24, 2.45) is 7.05 Å². The molecule has 1 amide bonds. The number of aromatic nitrogens is 3. The molecule has 0 fully saturated rings. The zero-order valence-electron chi connectivity index (χ0n) is 15.6. The molecule has 7 heteroatoms. The van der Waals surface area contributed by atoms with Gasteiger partial charge in [0.2, 0.25) is 5.91 Å². The second-order valence-electron chi connectivity index (χ2n) is 6.27. The molecule has 1 heterocycles. The predicted molar refractivity (Wildman–Crippen MR) is 107 cm³/mol. The van der Waals surface area contributed by atoms with Crippen molar-refractivity contribution in [1.29, 1.82) is 0 Å². The van der Waals surface area contributed by atoms with Crippen molar-refractivity contribution in [3.05, 3.63) is 65.5 Å². The topological polar surface area (TPSA) is 69.0 Å². The number of hydrogen-bond donors (Lipinski definition) is 1. The normalized spacial score (nSPS) is 10.6. The Morgan fingerprint density at radius 1 is 1.11 bits per heavy atom. The lowest BCUT2D eigenvalue weighted by molar-refractivity contribution is -0.113. The average molecular weight is 382 g/mol. The highest BCUT2D eigenvalue weighted by Gasteiger charge is 2.12. The highest BCUT2D eigenvalue weighted by atomic mass is 32.2. The summed E-state index contributed by atoms with van der Waals surface area (Å²) < 4.78 is 7.55. The molecular formula is C20H22N4O2S. The first kappa shape index (κ1) is 19.0. The lowest BCUT2D eigenvalue weighted by atomic mass is 10.1. The van der Waals surface area contributed by atoms with Gasteiger partial charge in [-0.3, -0.25) is 4.79 Å². The van der Waals surface area contributed by atoms with Gasteiger partial charge in [-0.25, -0.2) is 0 Å². The van der Waals surface area contributed by atoms with Crippen LogP contribution in [-0.2, 0) is 18.4 Å². The van der Waals surface area contributed by atoms with Crippen molar-refractivity contribution in [3.63, 3.8) is 0 Å².